The van der Waals surface area contributed by atoms with Crippen LogP contribution in [0.3, 0.4) is 0 Å². The molecule has 0 aliphatic carbocycles. The summed E-state index contributed by atoms with van der Waals surface area (Å²) >= 11 is 2.35. The van der Waals surface area contributed by atoms with Gasteiger partial charge in [0.1, 0.15) is 0 Å². The Morgan fingerprint density at radius 2 is 2.06 bits per heavy atom. The van der Waals surface area contributed by atoms with Gasteiger partial charge in [0.2, 0.25) is 0 Å². The van der Waals surface area contributed by atoms with Crippen molar-refractivity contribution in [2.24, 2.45) is 0 Å². The van der Waals surface area contributed by atoms with Crippen molar-refractivity contribution in [3.8, 4) is 0 Å². The molecule has 0 saturated carbocycles. The quantitative estimate of drug-likeness (QED) is 0.556. The molecule has 0 amide bonds. The number of allylic oxidation sites excluding steroid dienone is 3. The van der Waals surface area contributed by atoms with Crippen molar-refractivity contribution in [2.75, 3.05) is 0 Å². The Morgan fingerprint density at radius 1 is 1.38 bits per heavy atom. The zero-order chi connectivity index (χ0) is 11.7. The number of hydrogen-bond acceptors (Lipinski definition) is 0. The molecule has 0 saturated heterocycles. The monoisotopic (exact) mass is 323 g/mol. The first-order valence-corrected chi connectivity index (χ1v) is 6.19. The number of hydrogen-bond donors (Lipinski definition) is 0. The molecular formula is C14H14IN. The average Bonchev–Trinajstić information content (AvgIpc) is 2.53. The lowest BCUT2D eigenvalue weighted by atomic mass is 10.0. The second kappa shape index (κ2) is 4.45. The van der Waals surface area contributed by atoms with E-state index in [4.69, 9.17) is 0 Å². The molecule has 0 fully saturated rings. The van der Waals surface area contributed by atoms with Gasteiger partial charge in [-0.05, 0) is 25.5 Å². The van der Waals surface area contributed by atoms with E-state index in [0.717, 1.165) is 0 Å². The highest BCUT2D eigenvalue weighted by Gasteiger charge is 2.12. The normalized spacial score (nSPS) is 12.1. The predicted molar refractivity (Wildman–Crippen MR) is 79.9 cm³/mol. The van der Waals surface area contributed by atoms with Gasteiger partial charge in [-0.1, -0.05) is 36.9 Å². The van der Waals surface area contributed by atoms with Crippen LogP contribution in [0, 0.1) is 6.92 Å². The standard InChI is InChI=1S/C14H14IN/c1-4-7-10(2)14-11(3)16(15)13-9-6-5-8-12(13)14/h4-9H,1H2,2-3H3/b10-7+. The van der Waals surface area contributed by atoms with E-state index < -0.39 is 0 Å². The third kappa shape index (κ3) is 1.71. The van der Waals surface area contributed by atoms with Crippen LogP contribution in [0.2, 0.25) is 0 Å². The van der Waals surface area contributed by atoms with Crippen LogP contribution in [0.5, 0.6) is 0 Å². The molecule has 0 spiro atoms. The Balaban J connectivity index is 2.83. The largest absolute Gasteiger partial charge is 0.286 e. The van der Waals surface area contributed by atoms with Crippen molar-refractivity contribution < 1.29 is 0 Å². The van der Waals surface area contributed by atoms with Crippen molar-refractivity contribution in [3.05, 3.63) is 54.3 Å². The second-order valence-electron chi connectivity index (χ2n) is 3.84. The Labute approximate surface area is 110 Å². The van der Waals surface area contributed by atoms with Crippen LogP contribution in [0.4, 0.5) is 0 Å². The van der Waals surface area contributed by atoms with Crippen LogP contribution in [0.25, 0.3) is 16.5 Å². The van der Waals surface area contributed by atoms with E-state index in [1.165, 1.54) is 27.7 Å². The van der Waals surface area contributed by atoms with Crippen molar-refractivity contribution in [1.29, 1.82) is 0 Å². The van der Waals surface area contributed by atoms with Gasteiger partial charge in [-0.25, -0.2) is 0 Å². The summed E-state index contributed by atoms with van der Waals surface area (Å²) in [6.07, 6.45) is 3.90. The maximum Gasteiger partial charge on any atom is 0.0643 e. The highest BCUT2D eigenvalue weighted by molar-refractivity contribution is 14.1. The Morgan fingerprint density at radius 3 is 2.75 bits per heavy atom. The molecule has 2 aromatic rings. The summed E-state index contributed by atoms with van der Waals surface area (Å²) in [6.45, 7) is 8.04. The second-order valence-corrected chi connectivity index (χ2v) is 4.81. The molecule has 1 heterocycles. The maximum absolute atomic E-state index is 3.76. The Hall–Kier alpha value is -1.03. The maximum atomic E-state index is 3.76. The molecule has 2 heteroatoms. The number of nitrogens with zero attached hydrogens (tertiary/aromatic N) is 1. The van der Waals surface area contributed by atoms with E-state index in [2.05, 4.69) is 76.4 Å². The molecular weight excluding hydrogens is 309 g/mol. The predicted octanol–water partition coefficient (Wildman–Crippen LogP) is 4.74. The number of rotatable bonds is 2. The third-order valence-corrected chi connectivity index (χ3v) is 4.05. The van der Waals surface area contributed by atoms with Gasteiger partial charge < -0.3 is 0 Å². The van der Waals surface area contributed by atoms with E-state index in [9.17, 15) is 0 Å². The molecule has 1 aromatic carbocycles. The van der Waals surface area contributed by atoms with E-state index >= 15 is 0 Å². The topological polar surface area (TPSA) is 4.93 Å². The fourth-order valence-corrected chi connectivity index (χ4v) is 2.75. The van der Waals surface area contributed by atoms with Gasteiger partial charge in [0, 0.05) is 16.6 Å². The summed E-state index contributed by atoms with van der Waals surface area (Å²) < 4.78 is 2.21. The van der Waals surface area contributed by atoms with Gasteiger partial charge >= 0.3 is 0 Å². The molecule has 0 radical (unpaired) electrons. The summed E-state index contributed by atoms with van der Waals surface area (Å²) in [5, 5.41) is 1.31. The lowest BCUT2D eigenvalue weighted by molar-refractivity contribution is 1.25. The molecule has 0 N–H and O–H groups in total. The van der Waals surface area contributed by atoms with Crippen LogP contribution >= 0.6 is 22.9 Å². The number of para-hydroxylation sites is 1. The molecule has 0 aliphatic rings. The zero-order valence-corrected chi connectivity index (χ0v) is 11.7. The van der Waals surface area contributed by atoms with E-state index in [1.807, 2.05) is 6.08 Å². The summed E-state index contributed by atoms with van der Waals surface area (Å²) in [5.74, 6) is 0. The fourth-order valence-electron chi connectivity index (χ4n) is 2.09. The van der Waals surface area contributed by atoms with Crippen molar-refractivity contribution in [3.63, 3.8) is 0 Å². The Bertz CT molecular complexity index is 576. The molecule has 0 unspecified atom stereocenters. The fraction of sp³-hybridized carbons (Fsp3) is 0.143. The minimum absolute atomic E-state index is 1.26. The van der Waals surface area contributed by atoms with E-state index in [-0.39, 0.29) is 0 Å². The minimum Gasteiger partial charge on any atom is -0.286 e. The van der Waals surface area contributed by atoms with Gasteiger partial charge in [-0.2, -0.15) is 0 Å². The van der Waals surface area contributed by atoms with Crippen LogP contribution in [0.1, 0.15) is 18.2 Å². The zero-order valence-electron chi connectivity index (χ0n) is 9.50. The number of benzene rings is 1. The molecule has 2 rings (SSSR count). The van der Waals surface area contributed by atoms with Crippen molar-refractivity contribution in [1.82, 2.24) is 2.78 Å². The summed E-state index contributed by atoms with van der Waals surface area (Å²) in [7, 11) is 0. The first-order valence-electron chi connectivity index (χ1n) is 5.22. The lowest BCUT2D eigenvalue weighted by Gasteiger charge is -2.00. The molecule has 82 valence electrons. The van der Waals surface area contributed by atoms with E-state index in [0.29, 0.717) is 0 Å². The molecule has 1 aromatic heterocycles. The molecule has 16 heavy (non-hydrogen) atoms. The van der Waals surface area contributed by atoms with Crippen molar-refractivity contribution in [2.45, 2.75) is 13.8 Å². The average molecular weight is 323 g/mol. The minimum atomic E-state index is 1.26. The molecule has 0 atom stereocenters. The molecule has 0 bridgehead atoms. The highest BCUT2D eigenvalue weighted by Crippen LogP contribution is 2.32. The van der Waals surface area contributed by atoms with Crippen LogP contribution in [-0.2, 0) is 0 Å². The first-order chi connectivity index (χ1) is 7.66. The molecule has 1 nitrogen and oxygen atoms in total. The SMILES string of the molecule is C=C/C=C(\C)c1c(C)n(I)c2ccccc12. The van der Waals surface area contributed by atoms with E-state index in [1.54, 1.807) is 0 Å². The van der Waals surface area contributed by atoms with Gasteiger partial charge in [0.25, 0.3) is 0 Å². The lowest BCUT2D eigenvalue weighted by Crippen LogP contribution is -1.84. The summed E-state index contributed by atoms with van der Waals surface area (Å²) in [6, 6.07) is 8.49. The van der Waals surface area contributed by atoms with Crippen LogP contribution < -0.4 is 0 Å². The number of halogens is 1. The summed E-state index contributed by atoms with van der Waals surface area (Å²) in [5.41, 5.74) is 5.15. The van der Waals surface area contributed by atoms with Gasteiger partial charge in [0.05, 0.1) is 28.4 Å². The van der Waals surface area contributed by atoms with Crippen LogP contribution in [-0.4, -0.2) is 2.78 Å². The smallest absolute Gasteiger partial charge is 0.0643 e. The number of fused-ring (bicyclic) bond motifs is 1. The van der Waals surface area contributed by atoms with Crippen molar-refractivity contribution >= 4 is 39.3 Å². The first kappa shape index (κ1) is 11.5. The molecule has 0 aliphatic heterocycles. The third-order valence-electron chi connectivity index (χ3n) is 2.80. The van der Waals surface area contributed by atoms with Gasteiger partial charge in [-0.3, -0.25) is 2.78 Å². The van der Waals surface area contributed by atoms with Crippen LogP contribution in [0.15, 0.2) is 43.0 Å². The van der Waals surface area contributed by atoms with Gasteiger partial charge in [0.15, 0.2) is 0 Å². The number of aromatic nitrogens is 1. The summed E-state index contributed by atoms with van der Waals surface area (Å²) in [4.78, 5) is 0. The highest BCUT2D eigenvalue weighted by atomic mass is 127. The van der Waals surface area contributed by atoms with Gasteiger partial charge in [-0.15, -0.1) is 0 Å². The Kier molecular flexibility index (Phi) is 3.19.